The number of hydrogen-bond donors (Lipinski definition) is 3. The minimum Gasteiger partial charge on any atom is -0.465 e. The molecule has 11 nitrogen and oxygen atoms in total. The fourth-order valence-electron chi connectivity index (χ4n) is 4.68. The quantitative estimate of drug-likeness (QED) is 0.0554. The van der Waals surface area contributed by atoms with Crippen molar-refractivity contribution < 1.29 is 38.6 Å². The number of para-hydroxylation sites is 2. The third-order valence-electron chi connectivity index (χ3n) is 6.87. The Bertz CT molecular complexity index is 1750. The fourth-order valence-corrected chi connectivity index (χ4v) is 5.75. The Morgan fingerprint density at radius 2 is 1.46 bits per heavy atom. The van der Waals surface area contributed by atoms with Gasteiger partial charge in [0.15, 0.2) is 12.6 Å². The maximum absolute atomic E-state index is 8.83. The Balaban J connectivity index is 1.28. The first-order valence-electron chi connectivity index (χ1n) is 15.8. The van der Waals surface area contributed by atoms with Crippen LogP contribution >= 0.6 is 11.3 Å². The van der Waals surface area contributed by atoms with E-state index in [9.17, 15) is 0 Å². The van der Waals surface area contributed by atoms with Crippen LogP contribution in [-0.4, -0.2) is 80.6 Å². The van der Waals surface area contributed by atoms with Gasteiger partial charge in [0, 0.05) is 5.69 Å². The summed E-state index contributed by atoms with van der Waals surface area (Å²) in [5, 5.41) is 21.9. The van der Waals surface area contributed by atoms with Crippen molar-refractivity contribution in [2.45, 2.75) is 26.4 Å². The van der Waals surface area contributed by atoms with E-state index in [1.54, 1.807) is 11.3 Å². The topological polar surface area (TPSA) is 133 Å². The van der Waals surface area contributed by atoms with Crippen molar-refractivity contribution in [3.05, 3.63) is 90.3 Å². The second-order valence-corrected chi connectivity index (χ2v) is 11.6. The van der Waals surface area contributed by atoms with Crippen LogP contribution in [0.1, 0.15) is 13.8 Å². The molecule has 48 heavy (non-hydrogen) atoms. The summed E-state index contributed by atoms with van der Waals surface area (Å²) in [7, 11) is 0. The summed E-state index contributed by atoms with van der Waals surface area (Å²) in [6.07, 6.45) is -0.945. The van der Waals surface area contributed by atoms with E-state index in [1.165, 1.54) is 0 Å². The number of nitrogens with one attached hydrogen (secondary N) is 1. The molecule has 254 valence electrons. The van der Waals surface area contributed by atoms with E-state index in [-0.39, 0.29) is 19.8 Å². The zero-order valence-corrected chi connectivity index (χ0v) is 27.9. The standard InChI is InChI=1S/C36H41N3O8S/c1-25(44-22-20-42-18-16-40)46-29-13-10-27(11-14-29)37-32-7-5-8-33-36(32)48-35-24-28(12-15-31(35)39-33)38-30-6-3-4-9-34(30)47-26(2)45-23-21-43-19-17-41/h3-15,24-26,37,40-41H,16-23H2,1-2H3. The van der Waals surface area contributed by atoms with Crippen LogP contribution in [0.4, 0.5) is 17.1 Å². The summed E-state index contributed by atoms with van der Waals surface area (Å²) in [5.74, 6) is 1.29. The predicted molar refractivity (Wildman–Crippen MR) is 186 cm³/mol. The molecule has 0 saturated heterocycles. The molecule has 3 aromatic carbocycles. The maximum atomic E-state index is 8.83. The van der Waals surface area contributed by atoms with Gasteiger partial charge in [-0.25, -0.2) is 9.98 Å². The number of hydrogen-bond acceptors (Lipinski definition) is 12. The van der Waals surface area contributed by atoms with E-state index in [0.717, 1.165) is 37.5 Å². The first-order chi connectivity index (χ1) is 23.5. The Labute approximate surface area is 283 Å². The number of ether oxygens (including phenoxy) is 6. The summed E-state index contributed by atoms with van der Waals surface area (Å²) in [5.41, 5.74) is 4.31. The summed E-state index contributed by atoms with van der Waals surface area (Å²) in [6, 6.07) is 27.3. The van der Waals surface area contributed by atoms with Gasteiger partial charge in [0.1, 0.15) is 17.2 Å². The van der Waals surface area contributed by atoms with Crippen LogP contribution in [0.2, 0.25) is 0 Å². The summed E-state index contributed by atoms with van der Waals surface area (Å²) >= 11 is 1.65. The SMILES string of the molecule is CC(OCCOCCO)Oc1ccc(Nc2cccc3nc4ccc(=Nc5ccccc5OC(C)OCCOCCO)cc-4sc23)cc1. The monoisotopic (exact) mass is 675 g/mol. The van der Waals surface area contributed by atoms with Crippen molar-refractivity contribution in [2.24, 2.45) is 4.99 Å². The molecule has 0 amide bonds. The van der Waals surface area contributed by atoms with Crippen LogP contribution in [-0.2, 0) is 18.9 Å². The molecular weight excluding hydrogens is 634 g/mol. The number of aromatic nitrogens is 1. The average Bonchev–Trinajstić information content (AvgIpc) is 3.09. The van der Waals surface area contributed by atoms with Gasteiger partial charge in [-0.05, 0) is 80.6 Å². The first-order valence-corrected chi connectivity index (χ1v) is 16.6. The molecule has 2 atom stereocenters. The van der Waals surface area contributed by atoms with E-state index in [4.69, 9.17) is 48.6 Å². The molecule has 1 heterocycles. The number of rotatable bonds is 19. The van der Waals surface area contributed by atoms with Crippen LogP contribution in [0, 0.1) is 0 Å². The van der Waals surface area contributed by atoms with Gasteiger partial charge in [-0.15, -0.1) is 11.3 Å². The Morgan fingerprint density at radius 3 is 2.19 bits per heavy atom. The van der Waals surface area contributed by atoms with Crippen LogP contribution in [0.3, 0.4) is 0 Å². The highest BCUT2D eigenvalue weighted by Gasteiger charge is 2.12. The molecule has 3 N–H and O–H groups in total. The van der Waals surface area contributed by atoms with Gasteiger partial charge in [-0.2, -0.15) is 0 Å². The molecule has 3 aromatic rings. The Morgan fingerprint density at radius 1 is 0.750 bits per heavy atom. The Kier molecular flexibility index (Phi) is 13.5. The minimum absolute atomic E-state index is 0.00920. The smallest absolute Gasteiger partial charge is 0.197 e. The van der Waals surface area contributed by atoms with Crippen molar-refractivity contribution in [2.75, 3.05) is 58.2 Å². The van der Waals surface area contributed by atoms with E-state index in [1.807, 2.05) is 98.8 Å². The van der Waals surface area contributed by atoms with Crippen LogP contribution in [0.15, 0.2) is 89.9 Å². The van der Waals surface area contributed by atoms with Crippen molar-refractivity contribution >= 4 is 38.6 Å². The maximum Gasteiger partial charge on any atom is 0.197 e. The number of anilines is 2. The van der Waals surface area contributed by atoms with Crippen LogP contribution in [0.5, 0.6) is 11.5 Å². The van der Waals surface area contributed by atoms with Crippen molar-refractivity contribution in [3.63, 3.8) is 0 Å². The zero-order valence-electron chi connectivity index (χ0n) is 27.0. The molecule has 0 radical (unpaired) electrons. The number of nitrogens with zero attached hydrogens (tertiary/aromatic N) is 2. The van der Waals surface area contributed by atoms with Gasteiger partial charge < -0.3 is 44.0 Å². The second kappa shape index (κ2) is 18.4. The number of aliphatic hydroxyl groups is 2. The lowest BCUT2D eigenvalue weighted by Gasteiger charge is -2.16. The lowest BCUT2D eigenvalue weighted by Crippen LogP contribution is -2.19. The van der Waals surface area contributed by atoms with Gasteiger partial charge in [0.2, 0.25) is 0 Å². The summed E-state index contributed by atoms with van der Waals surface area (Å²) in [6.45, 7) is 5.69. The third kappa shape index (κ3) is 10.4. The van der Waals surface area contributed by atoms with Crippen molar-refractivity contribution in [3.8, 4) is 22.1 Å². The lowest BCUT2D eigenvalue weighted by atomic mass is 10.2. The molecule has 5 rings (SSSR count). The van der Waals surface area contributed by atoms with Crippen LogP contribution in [0.25, 0.3) is 20.8 Å². The Hall–Kier alpha value is -4.14. The molecule has 0 bridgehead atoms. The van der Waals surface area contributed by atoms with E-state index >= 15 is 0 Å². The summed E-state index contributed by atoms with van der Waals surface area (Å²) < 4.78 is 34.7. The largest absolute Gasteiger partial charge is 0.465 e. The van der Waals surface area contributed by atoms with Crippen molar-refractivity contribution in [1.29, 1.82) is 0 Å². The number of benzene rings is 4. The lowest BCUT2D eigenvalue weighted by molar-refractivity contribution is -0.0848. The summed E-state index contributed by atoms with van der Waals surface area (Å²) in [4.78, 5) is 10.8. The third-order valence-corrected chi connectivity index (χ3v) is 8.05. The van der Waals surface area contributed by atoms with Gasteiger partial charge in [0.05, 0.1) is 84.7 Å². The van der Waals surface area contributed by atoms with Crippen molar-refractivity contribution in [1.82, 2.24) is 4.98 Å². The number of aliphatic hydroxyl groups excluding tert-OH is 2. The van der Waals surface area contributed by atoms with E-state index < -0.39 is 12.6 Å². The minimum atomic E-state index is -0.505. The fraction of sp³-hybridized carbons (Fsp3) is 0.333. The van der Waals surface area contributed by atoms with Gasteiger partial charge in [-0.3, -0.25) is 0 Å². The highest BCUT2D eigenvalue weighted by molar-refractivity contribution is 7.22. The van der Waals surface area contributed by atoms with Gasteiger partial charge in [-0.1, -0.05) is 18.2 Å². The number of fused-ring (bicyclic) bond motifs is 2. The molecule has 1 aliphatic carbocycles. The molecular formula is C36H41N3O8S. The first kappa shape index (κ1) is 35.2. The molecule has 1 aliphatic heterocycles. The molecule has 0 saturated carbocycles. The molecule has 12 heteroatoms. The van der Waals surface area contributed by atoms with Gasteiger partial charge >= 0.3 is 0 Å². The average molecular weight is 676 g/mol. The molecule has 0 fully saturated rings. The molecule has 0 spiro atoms. The highest BCUT2D eigenvalue weighted by atomic mass is 32.1. The molecule has 0 aromatic heterocycles. The highest BCUT2D eigenvalue weighted by Crippen LogP contribution is 2.36. The van der Waals surface area contributed by atoms with Crippen LogP contribution < -0.4 is 20.1 Å². The second-order valence-electron chi connectivity index (χ2n) is 10.5. The zero-order chi connectivity index (χ0) is 33.6. The normalized spacial score (nSPS) is 13.1. The molecule has 2 unspecified atom stereocenters. The predicted octanol–water partition coefficient (Wildman–Crippen LogP) is 5.88. The van der Waals surface area contributed by atoms with E-state index in [2.05, 4.69) is 5.32 Å². The van der Waals surface area contributed by atoms with Gasteiger partial charge in [0.25, 0.3) is 0 Å². The molecule has 2 aliphatic rings. The van der Waals surface area contributed by atoms with E-state index in [0.29, 0.717) is 50.2 Å².